The van der Waals surface area contributed by atoms with Gasteiger partial charge in [-0.05, 0) is 18.1 Å². The van der Waals surface area contributed by atoms with Crippen molar-refractivity contribution >= 4 is 5.69 Å². The molecule has 0 fully saturated rings. The monoisotopic (exact) mass is 229 g/mol. The molecule has 0 bridgehead atoms. The third kappa shape index (κ3) is 2.47. The molecule has 0 aliphatic rings. The van der Waals surface area contributed by atoms with E-state index in [2.05, 4.69) is 6.92 Å². The first-order chi connectivity index (χ1) is 8.20. The van der Waals surface area contributed by atoms with Gasteiger partial charge in [-0.1, -0.05) is 12.1 Å². The SMILES string of the molecule is CC[n+]1ccc(-c2cccc([N+](=O)[O-])c2)cc1. The Morgan fingerprint density at radius 1 is 1.18 bits per heavy atom. The highest BCUT2D eigenvalue weighted by molar-refractivity contribution is 5.65. The number of nitrogens with zero attached hydrogens (tertiary/aromatic N) is 2. The Hall–Kier alpha value is -2.23. The fourth-order valence-electron chi connectivity index (χ4n) is 1.66. The largest absolute Gasteiger partial charge is 0.270 e. The average molecular weight is 229 g/mol. The first-order valence-corrected chi connectivity index (χ1v) is 5.44. The van der Waals surface area contributed by atoms with Gasteiger partial charge in [-0.3, -0.25) is 10.1 Å². The van der Waals surface area contributed by atoms with Crippen molar-refractivity contribution in [2.45, 2.75) is 13.5 Å². The van der Waals surface area contributed by atoms with E-state index in [1.165, 1.54) is 6.07 Å². The van der Waals surface area contributed by atoms with Crippen LogP contribution in [-0.4, -0.2) is 4.92 Å². The molecule has 4 nitrogen and oxygen atoms in total. The highest BCUT2D eigenvalue weighted by Gasteiger charge is 2.07. The lowest BCUT2D eigenvalue weighted by Crippen LogP contribution is -2.30. The molecule has 1 aromatic carbocycles. The molecule has 0 radical (unpaired) electrons. The smallest absolute Gasteiger partial charge is 0.258 e. The van der Waals surface area contributed by atoms with E-state index in [9.17, 15) is 10.1 Å². The Kier molecular flexibility index (Phi) is 3.14. The number of nitro benzene ring substituents is 1. The highest BCUT2D eigenvalue weighted by atomic mass is 16.6. The van der Waals surface area contributed by atoms with Crippen LogP contribution in [0.5, 0.6) is 0 Å². The second-order valence-corrected chi connectivity index (χ2v) is 3.72. The van der Waals surface area contributed by atoms with Crippen molar-refractivity contribution in [1.29, 1.82) is 0 Å². The average Bonchev–Trinajstić information content (AvgIpc) is 2.39. The van der Waals surface area contributed by atoms with Crippen LogP contribution in [0.1, 0.15) is 6.92 Å². The molecule has 0 aliphatic heterocycles. The summed E-state index contributed by atoms with van der Waals surface area (Å²) in [6.45, 7) is 2.97. The maximum Gasteiger partial charge on any atom is 0.270 e. The van der Waals surface area contributed by atoms with Crippen LogP contribution in [0.15, 0.2) is 48.8 Å². The molecule has 0 saturated heterocycles. The van der Waals surface area contributed by atoms with Crippen molar-refractivity contribution in [2.75, 3.05) is 0 Å². The number of aromatic nitrogens is 1. The predicted molar refractivity (Wildman–Crippen MR) is 64.4 cm³/mol. The molecule has 2 rings (SSSR count). The van der Waals surface area contributed by atoms with Crippen molar-refractivity contribution in [3.05, 3.63) is 58.9 Å². The van der Waals surface area contributed by atoms with Gasteiger partial charge in [-0.2, -0.15) is 0 Å². The molecule has 4 heteroatoms. The van der Waals surface area contributed by atoms with Crippen LogP contribution in [0.4, 0.5) is 5.69 Å². The summed E-state index contributed by atoms with van der Waals surface area (Å²) >= 11 is 0. The molecular weight excluding hydrogens is 216 g/mol. The van der Waals surface area contributed by atoms with Crippen molar-refractivity contribution in [3.63, 3.8) is 0 Å². The molecule has 86 valence electrons. The van der Waals surface area contributed by atoms with Gasteiger partial charge in [0.15, 0.2) is 12.4 Å². The molecule has 1 aromatic heterocycles. The van der Waals surface area contributed by atoms with E-state index >= 15 is 0 Å². The summed E-state index contributed by atoms with van der Waals surface area (Å²) in [7, 11) is 0. The number of nitro groups is 1. The maximum absolute atomic E-state index is 10.7. The highest BCUT2D eigenvalue weighted by Crippen LogP contribution is 2.22. The Labute approximate surface area is 99.3 Å². The van der Waals surface area contributed by atoms with Gasteiger partial charge in [0.25, 0.3) is 5.69 Å². The van der Waals surface area contributed by atoms with E-state index < -0.39 is 0 Å². The van der Waals surface area contributed by atoms with Gasteiger partial charge >= 0.3 is 0 Å². The van der Waals surface area contributed by atoms with E-state index in [-0.39, 0.29) is 10.6 Å². The van der Waals surface area contributed by atoms with Crippen molar-refractivity contribution in [3.8, 4) is 11.1 Å². The lowest BCUT2D eigenvalue weighted by atomic mass is 10.1. The second kappa shape index (κ2) is 4.74. The first kappa shape index (κ1) is 11.3. The summed E-state index contributed by atoms with van der Waals surface area (Å²) in [6, 6.07) is 10.6. The van der Waals surface area contributed by atoms with Gasteiger partial charge in [0.2, 0.25) is 0 Å². The summed E-state index contributed by atoms with van der Waals surface area (Å²) in [6.07, 6.45) is 3.93. The first-order valence-electron chi connectivity index (χ1n) is 5.44. The number of pyridine rings is 1. The minimum absolute atomic E-state index is 0.120. The zero-order valence-corrected chi connectivity index (χ0v) is 9.54. The molecule has 0 N–H and O–H groups in total. The van der Waals surface area contributed by atoms with E-state index in [1.54, 1.807) is 12.1 Å². The predicted octanol–water partition coefficient (Wildman–Crippen LogP) is 2.57. The molecular formula is C13H13N2O2+. The third-order valence-corrected chi connectivity index (χ3v) is 2.65. The zero-order chi connectivity index (χ0) is 12.3. The van der Waals surface area contributed by atoms with Crippen LogP contribution in [0.3, 0.4) is 0 Å². The summed E-state index contributed by atoms with van der Waals surface area (Å²) in [5.74, 6) is 0. The van der Waals surface area contributed by atoms with Crippen molar-refractivity contribution in [2.24, 2.45) is 0 Å². The quantitative estimate of drug-likeness (QED) is 0.461. The van der Waals surface area contributed by atoms with Crippen LogP contribution in [0.25, 0.3) is 11.1 Å². The Morgan fingerprint density at radius 2 is 1.88 bits per heavy atom. The van der Waals surface area contributed by atoms with Crippen molar-refractivity contribution < 1.29 is 9.49 Å². The standard InChI is InChI=1S/C13H13N2O2/c1-2-14-8-6-11(7-9-14)12-4-3-5-13(10-12)15(16)17/h3-10H,2H2,1H3/q+1. The van der Waals surface area contributed by atoms with E-state index in [0.29, 0.717) is 0 Å². The Balaban J connectivity index is 2.38. The number of aryl methyl sites for hydroxylation is 1. The van der Waals surface area contributed by atoms with Gasteiger partial charge in [-0.15, -0.1) is 0 Å². The lowest BCUT2D eigenvalue weighted by Gasteiger charge is -2.00. The molecule has 0 amide bonds. The summed E-state index contributed by atoms with van der Waals surface area (Å²) in [5, 5.41) is 10.7. The van der Waals surface area contributed by atoms with E-state index in [0.717, 1.165) is 17.7 Å². The van der Waals surface area contributed by atoms with Crippen LogP contribution in [-0.2, 0) is 6.54 Å². The molecule has 0 aliphatic carbocycles. The van der Waals surface area contributed by atoms with E-state index in [1.807, 2.05) is 35.2 Å². The third-order valence-electron chi connectivity index (χ3n) is 2.65. The minimum Gasteiger partial charge on any atom is -0.258 e. The summed E-state index contributed by atoms with van der Waals surface area (Å²) in [5.41, 5.74) is 1.97. The molecule has 1 heterocycles. The number of non-ortho nitro benzene ring substituents is 1. The number of benzene rings is 1. The van der Waals surface area contributed by atoms with Gasteiger partial charge in [-0.25, -0.2) is 4.57 Å². The lowest BCUT2D eigenvalue weighted by molar-refractivity contribution is -0.693. The molecule has 0 saturated carbocycles. The summed E-state index contributed by atoms with van der Waals surface area (Å²) in [4.78, 5) is 10.3. The van der Waals surface area contributed by atoms with Crippen LogP contribution in [0.2, 0.25) is 0 Å². The van der Waals surface area contributed by atoms with E-state index in [4.69, 9.17) is 0 Å². The van der Waals surface area contributed by atoms with Gasteiger partial charge in [0, 0.05) is 24.3 Å². The fourth-order valence-corrected chi connectivity index (χ4v) is 1.66. The number of hydrogen-bond donors (Lipinski definition) is 0. The molecule has 17 heavy (non-hydrogen) atoms. The number of rotatable bonds is 3. The van der Waals surface area contributed by atoms with Gasteiger partial charge in [0.05, 0.1) is 4.92 Å². The Bertz CT molecular complexity index is 535. The van der Waals surface area contributed by atoms with Crippen LogP contribution >= 0.6 is 0 Å². The number of hydrogen-bond acceptors (Lipinski definition) is 2. The van der Waals surface area contributed by atoms with Crippen LogP contribution < -0.4 is 4.57 Å². The van der Waals surface area contributed by atoms with Crippen LogP contribution in [0, 0.1) is 10.1 Å². The fraction of sp³-hybridized carbons (Fsp3) is 0.154. The summed E-state index contributed by atoms with van der Waals surface area (Å²) < 4.78 is 2.04. The molecule has 0 atom stereocenters. The zero-order valence-electron chi connectivity index (χ0n) is 9.54. The van der Waals surface area contributed by atoms with Gasteiger partial charge in [0.1, 0.15) is 6.54 Å². The maximum atomic E-state index is 10.7. The normalized spacial score (nSPS) is 10.2. The second-order valence-electron chi connectivity index (χ2n) is 3.72. The Morgan fingerprint density at radius 3 is 2.47 bits per heavy atom. The van der Waals surface area contributed by atoms with Crippen molar-refractivity contribution in [1.82, 2.24) is 0 Å². The molecule has 2 aromatic rings. The minimum atomic E-state index is -0.376. The molecule has 0 spiro atoms. The van der Waals surface area contributed by atoms with Gasteiger partial charge < -0.3 is 0 Å². The topological polar surface area (TPSA) is 47.0 Å². The molecule has 0 unspecified atom stereocenters.